The average Bonchev–Trinajstić information content (AvgIpc) is 2.47. The van der Waals surface area contributed by atoms with E-state index in [1.165, 1.54) is 17.7 Å². The molecule has 0 bridgehead atoms. The zero-order valence-electron chi connectivity index (χ0n) is 12.0. The van der Waals surface area contributed by atoms with Gasteiger partial charge in [0.1, 0.15) is 5.82 Å². The Morgan fingerprint density at radius 1 is 1.19 bits per heavy atom. The first-order valence-corrected chi connectivity index (χ1v) is 7.70. The van der Waals surface area contributed by atoms with Crippen molar-refractivity contribution in [3.05, 3.63) is 69.9 Å². The van der Waals surface area contributed by atoms with Gasteiger partial charge in [-0.2, -0.15) is 0 Å². The largest absolute Gasteiger partial charge is 0.388 e. The summed E-state index contributed by atoms with van der Waals surface area (Å²) in [6, 6.07) is 14.3. The van der Waals surface area contributed by atoms with Gasteiger partial charge in [-0.25, -0.2) is 4.39 Å². The molecule has 4 heteroatoms. The van der Waals surface area contributed by atoms with Crippen molar-refractivity contribution in [2.24, 2.45) is 0 Å². The Labute approximate surface area is 133 Å². The highest BCUT2D eigenvalue weighted by Crippen LogP contribution is 2.18. The van der Waals surface area contributed by atoms with Gasteiger partial charge in [0.2, 0.25) is 0 Å². The van der Waals surface area contributed by atoms with Crippen LogP contribution in [0.15, 0.2) is 53.0 Å². The van der Waals surface area contributed by atoms with Crippen LogP contribution in [0.5, 0.6) is 0 Å². The molecular formula is C17H19BrFNO. The Morgan fingerprint density at radius 3 is 2.57 bits per heavy atom. The van der Waals surface area contributed by atoms with Gasteiger partial charge in [0, 0.05) is 17.6 Å². The van der Waals surface area contributed by atoms with Crippen molar-refractivity contribution >= 4 is 15.9 Å². The van der Waals surface area contributed by atoms with Gasteiger partial charge in [-0.15, -0.1) is 0 Å². The van der Waals surface area contributed by atoms with Crippen LogP contribution in [-0.4, -0.2) is 23.6 Å². The Balaban J connectivity index is 1.83. The molecule has 0 fully saturated rings. The maximum Gasteiger partial charge on any atom is 0.123 e. The summed E-state index contributed by atoms with van der Waals surface area (Å²) in [5.74, 6) is -0.310. The topological polar surface area (TPSA) is 23.5 Å². The lowest BCUT2D eigenvalue weighted by molar-refractivity contribution is 0.147. The molecule has 21 heavy (non-hydrogen) atoms. The second-order valence-electron chi connectivity index (χ2n) is 5.22. The lowest BCUT2D eigenvalue weighted by atomic mass is 10.1. The molecule has 1 unspecified atom stereocenters. The molecule has 0 radical (unpaired) electrons. The van der Waals surface area contributed by atoms with Gasteiger partial charge in [-0.05, 0) is 48.9 Å². The van der Waals surface area contributed by atoms with Gasteiger partial charge in [-0.1, -0.05) is 40.2 Å². The van der Waals surface area contributed by atoms with E-state index in [0.29, 0.717) is 12.0 Å². The molecule has 0 heterocycles. The van der Waals surface area contributed by atoms with Gasteiger partial charge in [0.05, 0.1) is 6.10 Å². The van der Waals surface area contributed by atoms with Crippen molar-refractivity contribution in [3.8, 4) is 0 Å². The monoisotopic (exact) mass is 351 g/mol. The predicted molar refractivity (Wildman–Crippen MR) is 86.5 cm³/mol. The molecule has 0 amide bonds. The molecule has 1 atom stereocenters. The number of benzene rings is 2. The first-order valence-electron chi connectivity index (χ1n) is 6.91. The van der Waals surface area contributed by atoms with Crippen LogP contribution in [0.3, 0.4) is 0 Å². The second kappa shape index (κ2) is 7.69. The number of nitrogens with zero attached hydrogens (tertiary/aromatic N) is 1. The molecule has 1 N–H and O–H groups in total. The lowest BCUT2D eigenvalue weighted by Gasteiger charge is -2.19. The van der Waals surface area contributed by atoms with Crippen molar-refractivity contribution in [2.45, 2.75) is 19.1 Å². The molecule has 2 nitrogen and oxygen atoms in total. The number of hydrogen-bond acceptors (Lipinski definition) is 2. The minimum absolute atomic E-state index is 0.310. The maximum absolute atomic E-state index is 13.1. The molecule has 2 rings (SSSR count). The van der Waals surface area contributed by atoms with Crippen LogP contribution in [0.2, 0.25) is 0 Å². The van der Waals surface area contributed by atoms with E-state index in [9.17, 15) is 9.50 Å². The quantitative estimate of drug-likeness (QED) is 0.845. The van der Waals surface area contributed by atoms with Crippen molar-refractivity contribution in [1.82, 2.24) is 4.90 Å². The Morgan fingerprint density at radius 2 is 1.90 bits per heavy atom. The summed E-state index contributed by atoms with van der Waals surface area (Å²) < 4.78 is 14.2. The molecular weight excluding hydrogens is 333 g/mol. The van der Waals surface area contributed by atoms with Crippen molar-refractivity contribution < 1.29 is 9.50 Å². The average molecular weight is 352 g/mol. The standard InChI is InChI=1S/C17H19BrFNO/c1-20(12-13-5-7-15(18)8-6-13)10-9-17(21)14-3-2-4-16(19)11-14/h2-8,11,17,21H,9-10,12H2,1H3. The molecule has 0 aliphatic carbocycles. The van der Waals surface area contributed by atoms with Gasteiger partial charge in [0.25, 0.3) is 0 Å². The highest BCUT2D eigenvalue weighted by Gasteiger charge is 2.10. The van der Waals surface area contributed by atoms with E-state index < -0.39 is 6.10 Å². The summed E-state index contributed by atoms with van der Waals surface area (Å²) in [4.78, 5) is 2.14. The van der Waals surface area contributed by atoms with E-state index in [2.05, 4.69) is 33.0 Å². The van der Waals surface area contributed by atoms with Crippen LogP contribution < -0.4 is 0 Å². The molecule has 0 aliphatic heterocycles. The van der Waals surface area contributed by atoms with Crippen LogP contribution in [0.1, 0.15) is 23.7 Å². The van der Waals surface area contributed by atoms with E-state index in [4.69, 9.17) is 0 Å². The lowest BCUT2D eigenvalue weighted by Crippen LogP contribution is -2.21. The van der Waals surface area contributed by atoms with Crippen LogP contribution in [0.4, 0.5) is 4.39 Å². The van der Waals surface area contributed by atoms with Crippen molar-refractivity contribution in [2.75, 3.05) is 13.6 Å². The second-order valence-corrected chi connectivity index (χ2v) is 6.14. The van der Waals surface area contributed by atoms with Gasteiger partial charge < -0.3 is 10.0 Å². The minimum atomic E-state index is -0.631. The van der Waals surface area contributed by atoms with Crippen LogP contribution in [-0.2, 0) is 6.54 Å². The van der Waals surface area contributed by atoms with Crippen molar-refractivity contribution in [3.63, 3.8) is 0 Å². The van der Waals surface area contributed by atoms with E-state index in [-0.39, 0.29) is 5.82 Å². The number of hydrogen-bond donors (Lipinski definition) is 1. The van der Waals surface area contributed by atoms with E-state index >= 15 is 0 Å². The molecule has 0 aromatic heterocycles. The first-order chi connectivity index (χ1) is 10.0. The van der Waals surface area contributed by atoms with Crippen LogP contribution in [0, 0.1) is 5.82 Å². The molecule has 2 aromatic rings. The molecule has 0 spiro atoms. The smallest absolute Gasteiger partial charge is 0.123 e. The first kappa shape index (κ1) is 16.1. The summed E-state index contributed by atoms with van der Waals surface area (Å²) in [5, 5.41) is 10.1. The third kappa shape index (κ3) is 5.23. The number of halogens is 2. The molecule has 0 saturated heterocycles. The minimum Gasteiger partial charge on any atom is -0.388 e. The third-order valence-electron chi connectivity index (χ3n) is 3.38. The summed E-state index contributed by atoms with van der Waals surface area (Å²) in [7, 11) is 2.01. The Bertz CT molecular complexity index is 573. The highest BCUT2D eigenvalue weighted by atomic mass is 79.9. The highest BCUT2D eigenvalue weighted by molar-refractivity contribution is 9.10. The Hall–Kier alpha value is -1.23. The zero-order chi connectivity index (χ0) is 15.2. The van der Waals surface area contributed by atoms with E-state index in [1.807, 2.05) is 19.2 Å². The number of rotatable bonds is 6. The molecule has 0 aliphatic rings. The van der Waals surface area contributed by atoms with Gasteiger partial charge >= 0.3 is 0 Å². The summed E-state index contributed by atoms with van der Waals surface area (Å²) in [6.07, 6.45) is -0.0516. The number of aliphatic hydroxyl groups is 1. The van der Waals surface area contributed by atoms with Crippen molar-refractivity contribution in [1.29, 1.82) is 0 Å². The molecule has 0 saturated carbocycles. The fourth-order valence-corrected chi connectivity index (χ4v) is 2.47. The fourth-order valence-electron chi connectivity index (χ4n) is 2.20. The third-order valence-corrected chi connectivity index (χ3v) is 3.91. The van der Waals surface area contributed by atoms with Crippen LogP contribution in [0.25, 0.3) is 0 Å². The van der Waals surface area contributed by atoms with Gasteiger partial charge in [0.15, 0.2) is 0 Å². The maximum atomic E-state index is 13.1. The molecule has 112 valence electrons. The summed E-state index contributed by atoms with van der Waals surface area (Å²) >= 11 is 3.42. The van der Waals surface area contributed by atoms with E-state index in [1.54, 1.807) is 12.1 Å². The summed E-state index contributed by atoms with van der Waals surface area (Å²) in [5.41, 5.74) is 1.85. The van der Waals surface area contributed by atoms with E-state index in [0.717, 1.165) is 17.6 Å². The fraction of sp³-hybridized carbons (Fsp3) is 0.294. The normalized spacial score (nSPS) is 12.6. The molecule has 2 aromatic carbocycles. The SMILES string of the molecule is CN(CCC(O)c1cccc(F)c1)Cc1ccc(Br)cc1. The predicted octanol–water partition coefficient (Wildman–Crippen LogP) is 4.14. The zero-order valence-corrected chi connectivity index (χ0v) is 13.6. The van der Waals surface area contributed by atoms with Crippen LogP contribution >= 0.6 is 15.9 Å². The Kier molecular flexibility index (Phi) is 5.91. The number of aliphatic hydroxyl groups excluding tert-OH is 1. The van der Waals surface area contributed by atoms with Gasteiger partial charge in [-0.3, -0.25) is 0 Å². The summed E-state index contributed by atoms with van der Waals surface area (Å²) in [6.45, 7) is 1.57.